The van der Waals surface area contributed by atoms with Crippen LogP contribution in [-0.4, -0.2) is 33.8 Å². The molecule has 2 N–H and O–H groups in total. The van der Waals surface area contributed by atoms with Gasteiger partial charge in [0.25, 0.3) is 0 Å². The minimum Gasteiger partial charge on any atom is -0.476 e. The number of hydrogen-bond acceptors (Lipinski definition) is 3. The third kappa shape index (κ3) is 2.17. The highest BCUT2D eigenvalue weighted by atomic mass is 16.4. The number of carbonyl (C=O) groups is 2. The summed E-state index contributed by atoms with van der Waals surface area (Å²) >= 11 is 0. The molecule has 0 aliphatic heterocycles. The van der Waals surface area contributed by atoms with Crippen molar-refractivity contribution in [1.82, 2.24) is 15.1 Å². The van der Waals surface area contributed by atoms with Gasteiger partial charge in [-0.1, -0.05) is 18.2 Å². The quantitative estimate of drug-likeness (QED) is 0.839. The highest BCUT2D eigenvalue weighted by molar-refractivity contribution is 6.01. The van der Waals surface area contributed by atoms with Crippen LogP contribution in [0.2, 0.25) is 0 Å². The average molecular weight is 247 g/mol. The smallest absolute Gasteiger partial charge is 0.357 e. The van der Waals surface area contributed by atoms with Crippen LogP contribution in [0.5, 0.6) is 0 Å². The number of aryl methyl sites for hydroxylation is 1. The average Bonchev–Trinajstić information content (AvgIpc) is 2.75. The molecule has 94 valence electrons. The van der Waals surface area contributed by atoms with Gasteiger partial charge in [-0.3, -0.25) is 9.48 Å². The number of benzene rings is 1. The lowest BCUT2D eigenvalue weighted by Gasteiger charge is -2.02. The van der Waals surface area contributed by atoms with Crippen molar-refractivity contribution in [2.45, 2.75) is 13.0 Å². The van der Waals surface area contributed by atoms with Crippen LogP contribution in [0.3, 0.4) is 0 Å². The second-order valence-corrected chi connectivity index (χ2v) is 3.82. The topological polar surface area (TPSA) is 84.2 Å². The number of nitrogens with zero attached hydrogens (tertiary/aromatic N) is 2. The molecule has 1 heterocycles. The van der Waals surface area contributed by atoms with Crippen LogP contribution in [0.25, 0.3) is 10.9 Å². The van der Waals surface area contributed by atoms with Gasteiger partial charge in [0, 0.05) is 18.9 Å². The van der Waals surface area contributed by atoms with Gasteiger partial charge >= 0.3 is 5.97 Å². The van der Waals surface area contributed by atoms with E-state index < -0.39 is 5.97 Å². The predicted molar refractivity (Wildman–Crippen MR) is 65.4 cm³/mol. The molecule has 18 heavy (non-hydrogen) atoms. The van der Waals surface area contributed by atoms with E-state index in [1.54, 1.807) is 29.9 Å². The number of fused-ring (bicyclic) bond motifs is 1. The van der Waals surface area contributed by atoms with Crippen molar-refractivity contribution in [2.75, 3.05) is 7.05 Å². The Labute approximate surface area is 103 Å². The molecule has 1 amide bonds. The molecule has 0 saturated carbocycles. The van der Waals surface area contributed by atoms with Gasteiger partial charge < -0.3 is 10.4 Å². The molecule has 0 fully saturated rings. The van der Waals surface area contributed by atoms with Crippen LogP contribution in [0.15, 0.2) is 24.3 Å². The van der Waals surface area contributed by atoms with Crippen LogP contribution in [0, 0.1) is 0 Å². The van der Waals surface area contributed by atoms with E-state index in [1.807, 2.05) is 6.07 Å². The molecule has 0 saturated heterocycles. The highest BCUT2D eigenvalue weighted by Gasteiger charge is 2.15. The molecule has 6 heteroatoms. The SMILES string of the molecule is CNC(=O)CCn1nc(C(=O)O)c2ccccc21. The number of aromatic carboxylic acids is 1. The second-order valence-electron chi connectivity index (χ2n) is 3.82. The fraction of sp³-hybridized carbons (Fsp3) is 0.250. The number of carbonyl (C=O) groups excluding carboxylic acids is 1. The molecule has 2 rings (SSSR count). The van der Waals surface area contributed by atoms with E-state index in [9.17, 15) is 9.59 Å². The van der Waals surface area contributed by atoms with Crippen molar-refractivity contribution >= 4 is 22.8 Å². The molecule has 0 aliphatic rings. The second kappa shape index (κ2) is 4.87. The molecule has 0 unspecified atom stereocenters. The Bertz CT molecular complexity index is 604. The summed E-state index contributed by atoms with van der Waals surface area (Å²) in [6, 6.07) is 7.08. The van der Waals surface area contributed by atoms with Crippen LogP contribution in [0.1, 0.15) is 16.9 Å². The molecule has 1 aromatic carbocycles. The first-order valence-corrected chi connectivity index (χ1v) is 5.53. The number of rotatable bonds is 4. The number of nitrogens with one attached hydrogen (secondary N) is 1. The number of para-hydroxylation sites is 1. The molecular formula is C12H13N3O3. The number of hydrogen-bond donors (Lipinski definition) is 2. The van der Waals surface area contributed by atoms with Crippen molar-refractivity contribution in [2.24, 2.45) is 0 Å². The molecule has 2 aromatic rings. The molecular weight excluding hydrogens is 234 g/mol. The van der Waals surface area contributed by atoms with Gasteiger partial charge in [0.2, 0.25) is 5.91 Å². The minimum absolute atomic E-state index is 0.0162. The maximum absolute atomic E-state index is 11.2. The van der Waals surface area contributed by atoms with Crippen molar-refractivity contribution < 1.29 is 14.7 Å². The van der Waals surface area contributed by atoms with Crippen LogP contribution in [0.4, 0.5) is 0 Å². The van der Waals surface area contributed by atoms with E-state index in [0.29, 0.717) is 11.9 Å². The lowest BCUT2D eigenvalue weighted by molar-refractivity contribution is -0.120. The Kier molecular flexibility index (Phi) is 3.27. The predicted octanol–water partition coefficient (Wildman–Crippen LogP) is 0.871. The lowest BCUT2D eigenvalue weighted by Crippen LogP contribution is -2.19. The van der Waals surface area contributed by atoms with Crippen molar-refractivity contribution in [3.8, 4) is 0 Å². The van der Waals surface area contributed by atoms with E-state index in [-0.39, 0.29) is 18.0 Å². The summed E-state index contributed by atoms with van der Waals surface area (Å²) in [5.41, 5.74) is 0.737. The lowest BCUT2D eigenvalue weighted by atomic mass is 10.2. The summed E-state index contributed by atoms with van der Waals surface area (Å²) < 4.78 is 1.55. The van der Waals surface area contributed by atoms with E-state index in [4.69, 9.17) is 5.11 Å². The van der Waals surface area contributed by atoms with Crippen LogP contribution in [-0.2, 0) is 11.3 Å². The van der Waals surface area contributed by atoms with Crippen LogP contribution < -0.4 is 5.32 Å². The zero-order valence-corrected chi connectivity index (χ0v) is 9.88. The van der Waals surface area contributed by atoms with Crippen LogP contribution >= 0.6 is 0 Å². The van der Waals surface area contributed by atoms with E-state index in [0.717, 1.165) is 5.52 Å². The highest BCUT2D eigenvalue weighted by Crippen LogP contribution is 2.18. The molecule has 6 nitrogen and oxygen atoms in total. The maximum atomic E-state index is 11.2. The number of amides is 1. The zero-order valence-electron chi connectivity index (χ0n) is 9.88. The molecule has 0 bridgehead atoms. The maximum Gasteiger partial charge on any atom is 0.357 e. The first kappa shape index (κ1) is 12.1. The number of carboxylic acids is 1. The van der Waals surface area contributed by atoms with Crippen molar-refractivity contribution in [3.05, 3.63) is 30.0 Å². The Morgan fingerprint density at radius 1 is 1.39 bits per heavy atom. The molecule has 1 aromatic heterocycles. The fourth-order valence-corrected chi connectivity index (χ4v) is 1.79. The van der Waals surface area contributed by atoms with E-state index >= 15 is 0 Å². The normalized spacial score (nSPS) is 10.5. The third-order valence-electron chi connectivity index (χ3n) is 2.69. The Morgan fingerprint density at radius 3 is 2.78 bits per heavy atom. The Hall–Kier alpha value is -2.37. The van der Waals surface area contributed by atoms with E-state index in [1.165, 1.54) is 0 Å². The molecule has 0 radical (unpaired) electrons. The van der Waals surface area contributed by atoms with Gasteiger partial charge in [-0.25, -0.2) is 4.79 Å². The Morgan fingerprint density at radius 2 is 2.11 bits per heavy atom. The first-order valence-electron chi connectivity index (χ1n) is 5.53. The standard InChI is InChI=1S/C12H13N3O3/c1-13-10(16)6-7-15-9-5-3-2-4-8(9)11(14-15)12(17)18/h2-5H,6-7H2,1H3,(H,13,16)(H,17,18). The van der Waals surface area contributed by atoms with Gasteiger partial charge in [-0.15, -0.1) is 0 Å². The van der Waals surface area contributed by atoms with Gasteiger partial charge in [-0.05, 0) is 6.07 Å². The van der Waals surface area contributed by atoms with Gasteiger partial charge in [0.1, 0.15) is 0 Å². The zero-order chi connectivity index (χ0) is 13.1. The number of carboxylic acid groups (broad SMARTS) is 1. The summed E-state index contributed by atoms with van der Waals surface area (Å²) in [6.07, 6.45) is 0.265. The summed E-state index contributed by atoms with van der Waals surface area (Å²) in [6.45, 7) is 0.355. The van der Waals surface area contributed by atoms with Gasteiger partial charge in [0.15, 0.2) is 5.69 Å². The summed E-state index contributed by atoms with van der Waals surface area (Å²) in [7, 11) is 1.56. The summed E-state index contributed by atoms with van der Waals surface area (Å²) in [4.78, 5) is 22.3. The van der Waals surface area contributed by atoms with E-state index in [2.05, 4.69) is 10.4 Å². The summed E-state index contributed by atoms with van der Waals surface area (Å²) in [5, 5.41) is 16.2. The molecule has 0 aliphatic carbocycles. The fourth-order valence-electron chi connectivity index (χ4n) is 1.79. The van der Waals surface area contributed by atoms with Crippen molar-refractivity contribution in [3.63, 3.8) is 0 Å². The molecule has 0 atom stereocenters. The molecule has 0 spiro atoms. The van der Waals surface area contributed by atoms with Crippen molar-refractivity contribution in [1.29, 1.82) is 0 Å². The Balaban J connectivity index is 2.39. The van der Waals surface area contributed by atoms with Gasteiger partial charge in [-0.2, -0.15) is 5.10 Å². The third-order valence-corrected chi connectivity index (χ3v) is 2.69. The van der Waals surface area contributed by atoms with Gasteiger partial charge in [0.05, 0.1) is 12.1 Å². The number of aromatic nitrogens is 2. The minimum atomic E-state index is -1.06. The first-order chi connectivity index (χ1) is 8.63. The largest absolute Gasteiger partial charge is 0.476 e. The summed E-state index contributed by atoms with van der Waals surface area (Å²) in [5.74, 6) is -1.17. The monoisotopic (exact) mass is 247 g/mol.